The van der Waals surface area contributed by atoms with E-state index in [9.17, 15) is 9.59 Å². The van der Waals surface area contributed by atoms with E-state index in [1.54, 1.807) is 0 Å². The Bertz CT molecular complexity index is 871. The molecular weight excluding hydrogens is 360 g/mol. The number of ether oxygens (including phenoxy) is 1. The van der Waals surface area contributed by atoms with E-state index >= 15 is 0 Å². The Morgan fingerprint density at radius 2 is 2.00 bits per heavy atom. The first kappa shape index (κ1) is 19.5. The first-order chi connectivity index (χ1) is 12.9. The van der Waals surface area contributed by atoms with Crippen molar-refractivity contribution in [1.29, 1.82) is 0 Å². The van der Waals surface area contributed by atoms with Gasteiger partial charge in [-0.2, -0.15) is 4.57 Å². The van der Waals surface area contributed by atoms with Gasteiger partial charge >= 0.3 is 5.97 Å². The molecule has 0 spiro atoms. The van der Waals surface area contributed by atoms with Gasteiger partial charge < -0.3 is 10.1 Å². The molecule has 27 heavy (non-hydrogen) atoms. The first-order valence-electron chi connectivity index (χ1n) is 9.48. The highest BCUT2D eigenvalue weighted by Crippen LogP contribution is 2.38. The van der Waals surface area contributed by atoms with Gasteiger partial charge in [0, 0.05) is 23.4 Å². The van der Waals surface area contributed by atoms with Gasteiger partial charge in [0.1, 0.15) is 5.00 Å². The molecule has 0 atom stereocenters. The van der Waals surface area contributed by atoms with Gasteiger partial charge in [-0.3, -0.25) is 4.79 Å². The van der Waals surface area contributed by atoms with Gasteiger partial charge in [-0.25, -0.2) is 4.79 Å². The monoisotopic (exact) mass is 387 g/mol. The highest BCUT2D eigenvalue weighted by atomic mass is 32.1. The second-order valence-electron chi connectivity index (χ2n) is 7.32. The van der Waals surface area contributed by atoms with E-state index in [0.29, 0.717) is 10.6 Å². The molecule has 6 heteroatoms. The predicted molar refractivity (Wildman–Crippen MR) is 106 cm³/mol. The molecule has 144 valence electrons. The quantitative estimate of drug-likeness (QED) is 0.628. The fourth-order valence-corrected chi connectivity index (χ4v) is 4.68. The van der Waals surface area contributed by atoms with Crippen molar-refractivity contribution in [1.82, 2.24) is 0 Å². The number of carbonyl (C=O) groups excluding carboxylic acids is 2. The average molecular weight is 388 g/mol. The number of anilines is 1. The van der Waals surface area contributed by atoms with Crippen LogP contribution in [0.25, 0.3) is 0 Å². The summed E-state index contributed by atoms with van der Waals surface area (Å²) in [5.41, 5.74) is 3.81. The number of amides is 1. The van der Waals surface area contributed by atoms with Gasteiger partial charge in [-0.1, -0.05) is 0 Å². The molecule has 5 nitrogen and oxygen atoms in total. The van der Waals surface area contributed by atoms with Crippen molar-refractivity contribution in [2.75, 3.05) is 5.32 Å². The fraction of sp³-hybridized carbons (Fsp3) is 0.476. The van der Waals surface area contributed by atoms with Crippen molar-refractivity contribution in [3.05, 3.63) is 45.6 Å². The van der Waals surface area contributed by atoms with Gasteiger partial charge in [0.2, 0.25) is 6.54 Å². The third-order valence-electron chi connectivity index (χ3n) is 4.90. The zero-order valence-corrected chi connectivity index (χ0v) is 17.2. The Labute approximate surface area is 164 Å². The normalized spacial score (nSPS) is 13.4. The summed E-state index contributed by atoms with van der Waals surface area (Å²) < 4.78 is 7.37. The number of aromatic nitrogens is 1. The maximum absolute atomic E-state index is 12.7. The Hall–Kier alpha value is -2.21. The molecule has 0 aromatic carbocycles. The summed E-state index contributed by atoms with van der Waals surface area (Å²) in [7, 11) is 0. The zero-order valence-electron chi connectivity index (χ0n) is 16.4. The number of pyridine rings is 1. The lowest BCUT2D eigenvalue weighted by atomic mass is 9.95. The van der Waals surface area contributed by atoms with Crippen LogP contribution in [0.3, 0.4) is 0 Å². The molecular formula is C21H27N2O3S+. The average Bonchev–Trinajstić information content (AvgIpc) is 2.96. The van der Waals surface area contributed by atoms with Crippen molar-refractivity contribution in [3.8, 4) is 0 Å². The van der Waals surface area contributed by atoms with Crippen LogP contribution in [0.5, 0.6) is 0 Å². The predicted octanol–water partition coefficient (Wildman–Crippen LogP) is 3.74. The molecule has 0 unspecified atom stereocenters. The number of hydrogen-bond donors (Lipinski definition) is 1. The number of nitrogens with one attached hydrogen (secondary N) is 1. The molecule has 1 N–H and O–H groups in total. The first-order valence-corrected chi connectivity index (χ1v) is 10.3. The van der Waals surface area contributed by atoms with Crippen LogP contribution in [0.4, 0.5) is 5.00 Å². The van der Waals surface area contributed by atoms with Crippen LogP contribution in [0.1, 0.15) is 58.7 Å². The number of carbonyl (C=O) groups is 2. The Morgan fingerprint density at radius 3 is 2.74 bits per heavy atom. The number of hydrogen-bond acceptors (Lipinski definition) is 4. The topological polar surface area (TPSA) is 59.3 Å². The Kier molecular flexibility index (Phi) is 5.95. The van der Waals surface area contributed by atoms with Gasteiger partial charge in [0.05, 0.1) is 11.7 Å². The largest absolute Gasteiger partial charge is 0.459 e. The van der Waals surface area contributed by atoms with Crippen LogP contribution in [0.15, 0.2) is 18.3 Å². The summed E-state index contributed by atoms with van der Waals surface area (Å²) in [6.07, 6.45) is 5.73. The number of esters is 1. The molecule has 0 saturated carbocycles. The lowest BCUT2D eigenvalue weighted by molar-refractivity contribution is -0.690. The molecule has 0 saturated heterocycles. The summed E-state index contributed by atoms with van der Waals surface area (Å²) in [6.45, 7) is 7.92. The van der Waals surface area contributed by atoms with Crippen molar-refractivity contribution in [2.45, 2.75) is 66.0 Å². The highest BCUT2D eigenvalue weighted by molar-refractivity contribution is 7.17. The molecule has 2 heterocycles. The zero-order chi connectivity index (χ0) is 19.6. The lowest BCUT2D eigenvalue weighted by Crippen LogP contribution is -2.43. The molecule has 2 aromatic heterocycles. The van der Waals surface area contributed by atoms with Crippen LogP contribution in [0, 0.1) is 13.8 Å². The lowest BCUT2D eigenvalue weighted by Gasteiger charge is -2.14. The maximum Gasteiger partial charge on any atom is 0.341 e. The number of nitrogens with zero attached hydrogens (tertiary/aromatic N) is 1. The van der Waals surface area contributed by atoms with E-state index in [1.165, 1.54) is 16.2 Å². The highest BCUT2D eigenvalue weighted by Gasteiger charge is 2.28. The molecule has 0 bridgehead atoms. The molecule has 0 fully saturated rings. The molecule has 0 radical (unpaired) electrons. The van der Waals surface area contributed by atoms with Gasteiger partial charge in [-0.15, -0.1) is 11.3 Å². The van der Waals surface area contributed by atoms with Gasteiger partial charge in [0.15, 0.2) is 11.9 Å². The van der Waals surface area contributed by atoms with Crippen molar-refractivity contribution in [3.63, 3.8) is 0 Å². The fourth-order valence-electron chi connectivity index (χ4n) is 3.39. The third-order valence-corrected chi connectivity index (χ3v) is 6.11. The van der Waals surface area contributed by atoms with E-state index < -0.39 is 0 Å². The Balaban J connectivity index is 1.85. The molecule has 2 aromatic rings. The standard InChI is InChI=1S/C21H26N2O3S/c1-13(2)26-21(25)19-16-9-5-6-10-17(16)27-20(19)22-18(24)12-23-11-7-8-14(3)15(23)4/h7-8,11,13H,5-6,9-10,12H2,1-4H3/p+1. The van der Waals surface area contributed by atoms with Crippen molar-refractivity contribution < 1.29 is 18.9 Å². The SMILES string of the molecule is Cc1ccc[n+](CC(=O)Nc2sc3c(c2C(=O)OC(C)C)CCCC3)c1C. The summed E-state index contributed by atoms with van der Waals surface area (Å²) in [5, 5.41) is 3.60. The van der Waals surface area contributed by atoms with E-state index in [-0.39, 0.29) is 24.5 Å². The van der Waals surface area contributed by atoms with Crippen molar-refractivity contribution >= 4 is 28.2 Å². The molecule has 1 amide bonds. The second kappa shape index (κ2) is 8.21. The third kappa shape index (κ3) is 4.38. The van der Waals surface area contributed by atoms with Crippen molar-refractivity contribution in [2.24, 2.45) is 0 Å². The smallest absolute Gasteiger partial charge is 0.341 e. The van der Waals surface area contributed by atoms with Crippen LogP contribution < -0.4 is 9.88 Å². The summed E-state index contributed by atoms with van der Waals surface area (Å²) in [4.78, 5) is 26.6. The van der Waals surface area contributed by atoms with E-state index in [1.807, 2.05) is 50.6 Å². The number of fused-ring (bicyclic) bond motifs is 1. The number of aryl methyl sites for hydroxylation is 2. The van der Waals surface area contributed by atoms with E-state index in [0.717, 1.165) is 42.5 Å². The number of rotatable bonds is 5. The number of thiophene rings is 1. The summed E-state index contributed by atoms with van der Waals surface area (Å²) >= 11 is 1.52. The van der Waals surface area contributed by atoms with E-state index in [2.05, 4.69) is 5.32 Å². The van der Waals surface area contributed by atoms with Crippen LogP contribution in [-0.2, 0) is 28.9 Å². The minimum atomic E-state index is -0.334. The Morgan fingerprint density at radius 1 is 1.26 bits per heavy atom. The minimum absolute atomic E-state index is 0.133. The minimum Gasteiger partial charge on any atom is -0.459 e. The van der Waals surface area contributed by atoms with Crippen LogP contribution in [-0.4, -0.2) is 18.0 Å². The van der Waals surface area contributed by atoms with Gasteiger partial charge in [-0.05, 0) is 58.1 Å². The van der Waals surface area contributed by atoms with Crippen LogP contribution in [0.2, 0.25) is 0 Å². The second-order valence-corrected chi connectivity index (χ2v) is 8.43. The molecule has 0 aliphatic heterocycles. The molecule has 1 aliphatic carbocycles. The summed E-state index contributed by atoms with van der Waals surface area (Å²) in [6, 6.07) is 3.96. The maximum atomic E-state index is 12.7. The molecule has 1 aliphatic rings. The van der Waals surface area contributed by atoms with Crippen LogP contribution >= 0.6 is 11.3 Å². The summed E-state index contributed by atoms with van der Waals surface area (Å²) in [5.74, 6) is -0.468. The van der Waals surface area contributed by atoms with E-state index in [4.69, 9.17) is 4.74 Å². The molecule has 3 rings (SSSR count). The van der Waals surface area contributed by atoms with Gasteiger partial charge in [0.25, 0.3) is 5.91 Å².